The summed E-state index contributed by atoms with van der Waals surface area (Å²) in [5, 5.41) is 20.6. The molecule has 2 aliphatic rings. The number of nitrogens with zero attached hydrogens (tertiary/aromatic N) is 5. The second-order valence-electron chi connectivity index (χ2n) is 8.53. The molecule has 1 saturated carbocycles. The summed E-state index contributed by atoms with van der Waals surface area (Å²) in [6.07, 6.45) is 6.46. The van der Waals surface area contributed by atoms with Gasteiger partial charge in [-0.2, -0.15) is 14.9 Å². The summed E-state index contributed by atoms with van der Waals surface area (Å²) in [7, 11) is 0. The zero-order chi connectivity index (χ0) is 22.2. The average Bonchev–Trinajstić information content (AvgIpc) is 3.30. The topological polar surface area (TPSA) is 130 Å². The number of nitrogens with one attached hydrogen (secondary N) is 2. The first-order valence-corrected chi connectivity index (χ1v) is 12.5. The van der Waals surface area contributed by atoms with Crippen molar-refractivity contribution in [2.24, 2.45) is 5.73 Å². The summed E-state index contributed by atoms with van der Waals surface area (Å²) in [5.41, 5.74) is 9.99. The van der Waals surface area contributed by atoms with Gasteiger partial charge in [0, 0.05) is 48.2 Å². The predicted octanol–water partition coefficient (Wildman–Crippen LogP) is 2.33. The molecule has 10 heteroatoms. The fourth-order valence-corrected chi connectivity index (χ4v) is 4.77. The summed E-state index contributed by atoms with van der Waals surface area (Å²) in [6.45, 7) is 1.71. The molecule has 4 N–H and O–H groups in total. The fourth-order valence-electron chi connectivity index (χ4n) is 4.11. The minimum absolute atomic E-state index is 0.172. The van der Waals surface area contributed by atoms with Gasteiger partial charge < -0.3 is 25.8 Å². The van der Waals surface area contributed by atoms with Crippen LogP contribution in [0.3, 0.4) is 0 Å². The zero-order valence-electron chi connectivity index (χ0n) is 17.9. The summed E-state index contributed by atoms with van der Waals surface area (Å²) in [5.74, 6) is 1.90. The first kappa shape index (κ1) is 20.9. The SMILES string of the molecule is C[S@@+]([O-])Cc1cc(Nc2cc(NC3CC3)n3ncc(C#N)c3n2)ccc1N1CC[C@H](N)C1. The van der Waals surface area contributed by atoms with E-state index in [2.05, 4.69) is 37.8 Å². The third kappa shape index (κ3) is 4.32. The lowest BCUT2D eigenvalue weighted by atomic mass is 10.1. The Balaban J connectivity index is 1.48. The highest BCUT2D eigenvalue weighted by atomic mass is 32.2. The van der Waals surface area contributed by atoms with E-state index in [9.17, 15) is 9.81 Å². The van der Waals surface area contributed by atoms with Gasteiger partial charge in [-0.15, -0.1) is 0 Å². The van der Waals surface area contributed by atoms with Gasteiger partial charge in [0.05, 0.1) is 12.5 Å². The lowest BCUT2D eigenvalue weighted by molar-refractivity contribution is 0.600. The quantitative estimate of drug-likeness (QED) is 0.468. The number of nitriles is 1. The molecule has 1 saturated heterocycles. The minimum Gasteiger partial charge on any atom is -0.616 e. The van der Waals surface area contributed by atoms with Crippen molar-refractivity contribution < 1.29 is 4.55 Å². The first-order chi connectivity index (χ1) is 15.5. The number of hydrogen-bond acceptors (Lipinski definition) is 8. The molecular formula is C22H26N8OS. The van der Waals surface area contributed by atoms with Gasteiger partial charge >= 0.3 is 0 Å². The monoisotopic (exact) mass is 450 g/mol. The van der Waals surface area contributed by atoms with Crippen LogP contribution in [-0.2, 0) is 16.9 Å². The molecule has 166 valence electrons. The Hall–Kier alpha value is -3.00. The van der Waals surface area contributed by atoms with Crippen LogP contribution in [0.15, 0.2) is 30.5 Å². The van der Waals surface area contributed by atoms with Gasteiger partial charge in [-0.3, -0.25) is 0 Å². The maximum Gasteiger partial charge on any atom is 0.177 e. The maximum absolute atomic E-state index is 12.0. The third-order valence-electron chi connectivity index (χ3n) is 5.80. The van der Waals surface area contributed by atoms with Crippen molar-refractivity contribution in [3.8, 4) is 6.07 Å². The van der Waals surface area contributed by atoms with Crippen molar-refractivity contribution in [2.75, 3.05) is 34.9 Å². The Bertz CT molecular complexity index is 1180. The predicted molar refractivity (Wildman–Crippen MR) is 127 cm³/mol. The number of hydrogen-bond donors (Lipinski definition) is 3. The van der Waals surface area contributed by atoms with Gasteiger partial charge in [0.25, 0.3) is 0 Å². The molecule has 0 bridgehead atoms. The molecule has 9 nitrogen and oxygen atoms in total. The maximum atomic E-state index is 12.0. The smallest absolute Gasteiger partial charge is 0.177 e. The highest BCUT2D eigenvalue weighted by Gasteiger charge is 2.24. The molecule has 1 aliphatic heterocycles. The van der Waals surface area contributed by atoms with Crippen molar-refractivity contribution in [3.63, 3.8) is 0 Å². The third-order valence-corrected chi connectivity index (χ3v) is 6.52. The highest BCUT2D eigenvalue weighted by molar-refractivity contribution is 7.89. The molecule has 2 atom stereocenters. The molecule has 32 heavy (non-hydrogen) atoms. The van der Waals surface area contributed by atoms with E-state index < -0.39 is 11.2 Å². The highest BCUT2D eigenvalue weighted by Crippen LogP contribution is 2.31. The average molecular weight is 451 g/mol. The number of aromatic nitrogens is 3. The summed E-state index contributed by atoms with van der Waals surface area (Å²) < 4.78 is 13.7. The molecule has 3 aromatic rings. The van der Waals surface area contributed by atoms with Crippen LogP contribution in [0.4, 0.5) is 23.0 Å². The van der Waals surface area contributed by atoms with Crippen LogP contribution in [0, 0.1) is 11.3 Å². The molecule has 1 aromatic carbocycles. The van der Waals surface area contributed by atoms with Crippen LogP contribution in [-0.4, -0.2) is 50.6 Å². The molecule has 0 spiro atoms. The van der Waals surface area contributed by atoms with E-state index in [0.29, 0.717) is 28.8 Å². The molecule has 2 fully saturated rings. The molecule has 0 unspecified atom stereocenters. The molecule has 3 heterocycles. The molecule has 0 radical (unpaired) electrons. The summed E-state index contributed by atoms with van der Waals surface area (Å²) in [6, 6.07) is 10.8. The second kappa shape index (κ2) is 8.50. The zero-order valence-corrected chi connectivity index (χ0v) is 18.7. The number of fused-ring (bicyclic) bond motifs is 1. The van der Waals surface area contributed by atoms with Crippen LogP contribution < -0.4 is 21.3 Å². The van der Waals surface area contributed by atoms with Gasteiger partial charge in [0.2, 0.25) is 0 Å². The van der Waals surface area contributed by atoms with E-state index in [1.54, 1.807) is 10.8 Å². The molecular weight excluding hydrogens is 424 g/mol. The van der Waals surface area contributed by atoms with Gasteiger partial charge in [-0.1, -0.05) is 11.2 Å². The second-order valence-corrected chi connectivity index (χ2v) is 9.97. The van der Waals surface area contributed by atoms with Crippen molar-refractivity contribution in [3.05, 3.63) is 41.6 Å². The Kier molecular flexibility index (Phi) is 5.55. The minimum atomic E-state index is -0.970. The lowest BCUT2D eigenvalue weighted by Gasteiger charge is -2.23. The molecule has 5 rings (SSSR count). The van der Waals surface area contributed by atoms with Crippen molar-refractivity contribution >= 4 is 39.8 Å². The van der Waals surface area contributed by atoms with Gasteiger partial charge in [-0.05, 0) is 37.5 Å². The van der Waals surface area contributed by atoms with E-state index in [1.165, 1.54) is 6.20 Å². The number of benzene rings is 1. The van der Waals surface area contributed by atoms with E-state index in [-0.39, 0.29) is 6.04 Å². The van der Waals surface area contributed by atoms with Crippen molar-refractivity contribution in [1.82, 2.24) is 14.6 Å². The van der Waals surface area contributed by atoms with E-state index in [1.807, 2.05) is 18.2 Å². The van der Waals surface area contributed by atoms with Crippen LogP contribution in [0.1, 0.15) is 30.4 Å². The Labute approximate surface area is 189 Å². The number of anilines is 4. The largest absolute Gasteiger partial charge is 0.616 e. The molecule has 1 aliphatic carbocycles. The first-order valence-electron chi connectivity index (χ1n) is 10.8. The normalized spacial score (nSPS) is 19.2. The van der Waals surface area contributed by atoms with Crippen molar-refractivity contribution in [2.45, 2.75) is 37.1 Å². The van der Waals surface area contributed by atoms with Gasteiger partial charge in [0.15, 0.2) is 5.65 Å². The van der Waals surface area contributed by atoms with Gasteiger partial charge in [0.1, 0.15) is 29.0 Å². The number of nitrogens with two attached hydrogens (primary N) is 1. The summed E-state index contributed by atoms with van der Waals surface area (Å²) in [4.78, 5) is 6.90. The van der Waals surface area contributed by atoms with Crippen LogP contribution in [0.2, 0.25) is 0 Å². The lowest BCUT2D eigenvalue weighted by Crippen LogP contribution is -2.27. The van der Waals surface area contributed by atoms with Crippen molar-refractivity contribution in [1.29, 1.82) is 5.26 Å². The Morgan fingerprint density at radius 3 is 2.84 bits per heavy atom. The van der Waals surface area contributed by atoms with E-state index in [4.69, 9.17) is 5.73 Å². The molecule has 0 amide bonds. The fraction of sp³-hybridized carbons (Fsp3) is 0.409. The Morgan fingerprint density at radius 1 is 1.31 bits per heavy atom. The standard InChI is InChI=1S/C22H26N8OS/c1-32(31)13-14-8-18(4-5-19(14)29-7-6-16(24)12-29)26-20-9-21(27-17-2-3-17)30-22(28-20)15(10-23)11-25-30/h4-5,8-9,11,16-17,27H,2-3,6-7,12-13,24H2,1H3,(H,26,28)/t16-,32+/m0/s1. The molecule has 2 aromatic heterocycles. The van der Waals surface area contributed by atoms with Crippen LogP contribution >= 0.6 is 0 Å². The van der Waals surface area contributed by atoms with Crippen LogP contribution in [0.25, 0.3) is 5.65 Å². The van der Waals surface area contributed by atoms with E-state index >= 15 is 0 Å². The summed E-state index contributed by atoms with van der Waals surface area (Å²) >= 11 is -0.970. The van der Waals surface area contributed by atoms with E-state index in [0.717, 1.165) is 55.1 Å². The number of rotatable bonds is 7. The van der Waals surface area contributed by atoms with Crippen LogP contribution in [0.5, 0.6) is 0 Å². The Morgan fingerprint density at radius 2 is 2.16 bits per heavy atom. The van der Waals surface area contributed by atoms with Gasteiger partial charge in [-0.25, -0.2) is 4.98 Å².